The molecule has 4 nitrogen and oxygen atoms in total. The van der Waals surface area contributed by atoms with Crippen molar-refractivity contribution in [3.8, 4) is 0 Å². The van der Waals surface area contributed by atoms with Gasteiger partial charge >= 0.3 is 0 Å². The van der Waals surface area contributed by atoms with Gasteiger partial charge in [0, 0.05) is 25.1 Å². The average Bonchev–Trinajstić information content (AvgIpc) is 3.16. The van der Waals surface area contributed by atoms with Crippen LogP contribution in [0.5, 0.6) is 0 Å². The molecule has 1 aliphatic heterocycles. The van der Waals surface area contributed by atoms with Gasteiger partial charge in [-0.15, -0.1) is 0 Å². The number of rotatable bonds is 5. The molecule has 0 saturated carbocycles. The minimum absolute atomic E-state index is 0.0585. The lowest BCUT2D eigenvalue weighted by Gasteiger charge is -2.24. The maximum Gasteiger partial charge on any atom is 0.251 e. The molecule has 0 aliphatic carbocycles. The van der Waals surface area contributed by atoms with Crippen LogP contribution in [-0.4, -0.2) is 35.8 Å². The van der Waals surface area contributed by atoms with Crippen LogP contribution in [0.25, 0.3) is 0 Å². The van der Waals surface area contributed by atoms with Crippen molar-refractivity contribution in [1.82, 2.24) is 10.2 Å². The number of carbonyl (C=O) groups is 2. The van der Waals surface area contributed by atoms with E-state index in [1.54, 1.807) is 4.90 Å². The number of nitrogens with zero attached hydrogens (tertiary/aromatic N) is 1. The summed E-state index contributed by atoms with van der Waals surface area (Å²) in [5.41, 5.74) is 1.33. The van der Waals surface area contributed by atoms with Crippen molar-refractivity contribution in [2.75, 3.05) is 13.1 Å². The number of halogens is 1. The molecule has 1 unspecified atom stereocenters. The molecule has 0 radical (unpaired) electrons. The molecule has 2 aromatic rings. The van der Waals surface area contributed by atoms with Gasteiger partial charge in [-0.2, -0.15) is 0 Å². The van der Waals surface area contributed by atoms with Crippen LogP contribution < -0.4 is 5.32 Å². The van der Waals surface area contributed by atoms with Gasteiger partial charge in [0.2, 0.25) is 5.91 Å². The lowest BCUT2D eigenvalue weighted by atomic mass is 10.0. The number of hydrogen-bond donors (Lipinski definition) is 1. The van der Waals surface area contributed by atoms with Crippen LogP contribution in [0.1, 0.15) is 28.8 Å². The van der Waals surface area contributed by atoms with E-state index in [0.717, 1.165) is 31.5 Å². The van der Waals surface area contributed by atoms with Crippen molar-refractivity contribution in [3.05, 3.63) is 71.5 Å². The molecule has 0 bridgehead atoms. The van der Waals surface area contributed by atoms with E-state index in [4.69, 9.17) is 0 Å². The first kappa shape index (κ1) is 17.1. The smallest absolute Gasteiger partial charge is 0.251 e. The van der Waals surface area contributed by atoms with Crippen LogP contribution in [0.4, 0.5) is 4.39 Å². The van der Waals surface area contributed by atoms with E-state index in [0.29, 0.717) is 12.0 Å². The fourth-order valence-corrected chi connectivity index (χ4v) is 3.05. The summed E-state index contributed by atoms with van der Waals surface area (Å²) in [5.74, 6) is -0.823. The first-order chi connectivity index (χ1) is 12.1. The fraction of sp³-hybridized carbons (Fsp3) is 0.300. The zero-order valence-corrected chi connectivity index (χ0v) is 14.0. The molecule has 1 saturated heterocycles. The first-order valence-electron chi connectivity index (χ1n) is 8.52. The van der Waals surface area contributed by atoms with Gasteiger partial charge in [-0.25, -0.2) is 4.39 Å². The van der Waals surface area contributed by atoms with E-state index in [-0.39, 0.29) is 11.8 Å². The van der Waals surface area contributed by atoms with Crippen LogP contribution in [0.15, 0.2) is 54.6 Å². The van der Waals surface area contributed by atoms with Gasteiger partial charge in [-0.05, 0) is 42.7 Å². The minimum atomic E-state index is -0.627. The summed E-state index contributed by atoms with van der Waals surface area (Å²) < 4.78 is 13.0. The maximum atomic E-state index is 13.0. The van der Waals surface area contributed by atoms with Gasteiger partial charge in [0.1, 0.15) is 11.9 Å². The summed E-state index contributed by atoms with van der Waals surface area (Å²) in [5, 5.41) is 2.83. The van der Waals surface area contributed by atoms with Crippen LogP contribution >= 0.6 is 0 Å². The normalized spacial score (nSPS) is 15.0. The molecule has 2 amide bonds. The number of carbonyl (C=O) groups excluding carboxylic acids is 2. The van der Waals surface area contributed by atoms with E-state index in [2.05, 4.69) is 5.32 Å². The Hall–Kier alpha value is -2.69. The average molecular weight is 340 g/mol. The molecular formula is C20H21FN2O2. The van der Waals surface area contributed by atoms with Crippen LogP contribution in [0, 0.1) is 5.82 Å². The molecule has 1 N–H and O–H groups in total. The van der Waals surface area contributed by atoms with E-state index in [9.17, 15) is 14.0 Å². The topological polar surface area (TPSA) is 49.4 Å². The maximum absolute atomic E-state index is 13.0. The Balaban J connectivity index is 1.76. The largest absolute Gasteiger partial charge is 0.341 e. The van der Waals surface area contributed by atoms with Crippen LogP contribution in [0.3, 0.4) is 0 Å². The Morgan fingerprint density at radius 2 is 1.64 bits per heavy atom. The Morgan fingerprint density at radius 1 is 1.00 bits per heavy atom. The lowest BCUT2D eigenvalue weighted by Crippen LogP contribution is -2.49. The standard InChI is InChI=1S/C20H21FN2O2/c21-17-10-8-16(9-11-17)19(24)22-18(14-15-6-2-1-3-7-15)20(25)23-12-4-5-13-23/h1-3,6-11,18H,4-5,12-14H2,(H,22,24). The van der Waals surface area contributed by atoms with Crippen molar-refractivity contribution < 1.29 is 14.0 Å². The zero-order chi connectivity index (χ0) is 17.6. The summed E-state index contributed by atoms with van der Waals surface area (Å²) in [4.78, 5) is 27.1. The minimum Gasteiger partial charge on any atom is -0.341 e. The van der Waals surface area contributed by atoms with E-state index in [1.807, 2.05) is 30.3 Å². The quantitative estimate of drug-likeness (QED) is 0.910. The highest BCUT2D eigenvalue weighted by Crippen LogP contribution is 2.13. The van der Waals surface area contributed by atoms with Gasteiger partial charge < -0.3 is 10.2 Å². The molecular weight excluding hydrogens is 319 g/mol. The predicted molar refractivity (Wildman–Crippen MR) is 93.6 cm³/mol. The highest BCUT2D eigenvalue weighted by molar-refractivity contribution is 5.97. The molecule has 2 aromatic carbocycles. The molecule has 1 heterocycles. The monoisotopic (exact) mass is 340 g/mol. The fourth-order valence-electron chi connectivity index (χ4n) is 3.05. The number of benzene rings is 2. The Kier molecular flexibility index (Phi) is 5.43. The molecule has 0 aromatic heterocycles. The van der Waals surface area contributed by atoms with Gasteiger partial charge in [0.05, 0.1) is 0 Å². The lowest BCUT2D eigenvalue weighted by molar-refractivity contribution is -0.132. The summed E-state index contributed by atoms with van der Waals surface area (Å²) in [6, 6.07) is 14.3. The van der Waals surface area contributed by atoms with Crippen LogP contribution in [-0.2, 0) is 11.2 Å². The second-order valence-corrected chi connectivity index (χ2v) is 6.26. The Morgan fingerprint density at radius 3 is 2.28 bits per heavy atom. The number of amides is 2. The van der Waals surface area contributed by atoms with E-state index in [1.165, 1.54) is 24.3 Å². The SMILES string of the molecule is O=C(NC(Cc1ccccc1)C(=O)N1CCCC1)c1ccc(F)cc1. The molecule has 1 aliphatic rings. The number of likely N-dealkylation sites (tertiary alicyclic amines) is 1. The molecule has 1 atom stereocenters. The summed E-state index contributed by atoms with van der Waals surface area (Å²) in [6.07, 6.45) is 2.43. The summed E-state index contributed by atoms with van der Waals surface area (Å²) in [7, 11) is 0. The third-order valence-electron chi connectivity index (χ3n) is 4.41. The van der Waals surface area contributed by atoms with Crippen LogP contribution in [0.2, 0.25) is 0 Å². The second-order valence-electron chi connectivity index (χ2n) is 6.26. The molecule has 25 heavy (non-hydrogen) atoms. The highest BCUT2D eigenvalue weighted by Gasteiger charge is 2.28. The van der Waals surface area contributed by atoms with Gasteiger partial charge in [-0.3, -0.25) is 9.59 Å². The zero-order valence-electron chi connectivity index (χ0n) is 14.0. The molecule has 1 fully saturated rings. The molecule has 130 valence electrons. The second kappa shape index (κ2) is 7.92. The third kappa shape index (κ3) is 4.44. The Labute approximate surface area is 146 Å². The van der Waals surface area contributed by atoms with Crippen molar-refractivity contribution in [1.29, 1.82) is 0 Å². The van der Waals surface area contributed by atoms with Crippen molar-refractivity contribution in [3.63, 3.8) is 0 Å². The predicted octanol–water partition coefficient (Wildman–Crippen LogP) is 2.79. The number of nitrogens with one attached hydrogen (secondary N) is 1. The molecule has 5 heteroatoms. The van der Waals surface area contributed by atoms with Gasteiger partial charge in [0.15, 0.2) is 0 Å². The van der Waals surface area contributed by atoms with Crippen molar-refractivity contribution in [2.45, 2.75) is 25.3 Å². The Bertz CT molecular complexity index is 725. The third-order valence-corrected chi connectivity index (χ3v) is 4.41. The number of hydrogen-bond acceptors (Lipinski definition) is 2. The van der Waals surface area contributed by atoms with Gasteiger partial charge in [0.25, 0.3) is 5.91 Å². The molecule has 3 rings (SSSR count). The van der Waals surface area contributed by atoms with Crippen molar-refractivity contribution in [2.24, 2.45) is 0 Å². The van der Waals surface area contributed by atoms with E-state index < -0.39 is 11.9 Å². The summed E-state index contributed by atoms with van der Waals surface area (Å²) >= 11 is 0. The summed E-state index contributed by atoms with van der Waals surface area (Å²) in [6.45, 7) is 1.47. The highest BCUT2D eigenvalue weighted by atomic mass is 19.1. The van der Waals surface area contributed by atoms with Gasteiger partial charge in [-0.1, -0.05) is 30.3 Å². The van der Waals surface area contributed by atoms with E-state index >= 15 is 0 Å². The first-order valence-corrected chi connectivity index (χ1v) is 8.52. The molecule has 0 spiro atoms. The van der Waals surface area contributed by atoms with Crippen molar-refractivity contribution >= 4 is 11.8 Å².